The van der Waals surface area contributed by atoms with Gasteiger partial charge in [-0.05, 0) is 48.4 Å². The van der Waals surface area contributed by atoms with Crippen LogP contribution in [0.1, 0.15) is 30.3 Å². The average Bonchev–Trinajstić information content (AvgIpc) is 2.78. The summed E-state index contributed by atoms with van der Waals surface area (Å²) in [7, 11) is 0. The van der Waals surface area contributed by atoms with Crippen molar-refractivity contribution >= 4 is 28.5 Å². The van der Waals surface area contributed by atoms with Gasteiger partial charge in [-0.3, -0.25) is 4.79 Å². The highest BCUT2D eigenvalue weighted by Gasteiger charge is 2.41. The van der Waals surface area contributed by atoms with Gasteiger partial charge in [-0.15, -0.1) is 0 Å². The molecular formula is C13H16F3IN2O. The first-order valence-corrected chi connectivity index (χ1v) is 7.62. The second-order valence-electron chi connectivity index (χ2n) is 4.94. The number of alkyl halides is 3. The summed E-state index contributed by atoms with van der Waals surface area (Å²) >= 11 is 2.13. The predicted molar refractivity (Wildman–Crippen MR) is 77.5 cm³/mol. The van der Waals surface area contributed by atoms with Crippen LogP contribution in [0.25, 0.3) is 0 Å². The summed E-state index contributed by atoms with van der Waals surface area (Å²) in [6, 6.07) is 1.78. The zero-order valence-corrected chi connectivity index (χ0v) is 13.2. The molecule has 2 heterocycles. The van der Waals surface area contributed by atoms with E-state index in [0.717, 1.165) is 3.57 Å². The van der Waals surface area contributed by atoms with Crippen LogP contribution in [-0.2, 0) is 6.54 Å². The molecule has 0 aromatic carbocycles. The topological polar surface area (TPSA) is 25.2 Å². The number of likely N-dealkylation sites (tertiary alicyclic amines) is 1. The standard InChI is InChI=1S/C13H16F3IN2O/c1-2-18-8-10(17)7-11(18)12(20)19-5-3-9(4-6-19)13(14,15)16/h7-9H,2-6H2,1H3. The molecule has 1 fully saturated rings. The van der Waals surface area contributed by atoms with Crippen molar-refractivity contribution in [1.82, 2.24) is 9.47 Å². The first kappa shape index (κ1) is 15.7. The Balaban J connectivity index is 2.05. The summed E-state index contributed by atoms with van der Waals surface area (Å²) < 4.78 is 40.6. The van der Waals surface area contributed by atoms with E-state index in [2.05, 4.69) is 22.6 Å². The van der Waals surface area contributed by atoms with Gasteiger partial charge in [0.2, 0.25) is 0 Å². The Morgan fingerprint density at radius 1 is 1.40 bits per heavy atom. The zero-order valence-electron chi connectivity index (χ0n) is 11.1. The molecule has 0 aliphatic carbocycles. The van der Waals surface area contributed by atoms with E-state index in [1.54, 1.807) is 6.07 Å². The predicted octanol–water partition coefficient (Wildman–Crippen LogP) is 3.53. The highest BCUT2D eigenvalue weighted by Crippen LogP contribution is 2.34. The molecule has 1 aromatic rings. The molecule has 0 N–H and O–H groups in total. The molecule has 3 nitrogen and oxygen atoms in total. The molecule has 0 atom stereocenters. The number of carbonyl (C=O) groups is 1. The van der Waals surface area contributed by atoms with Crippen LogP contribution in [0, 0.1) is 9.49 Å². The van der Waals surface area contributed by atoms with E-state index in [9.17, 15) is 18.0 Å². The summed E-state index contributed by atoms with van der Waals surface area (Å²) in [6.45, 7) is 2.95. The van der Waals surface area contributed by atoms with Crippen LogP contribution in [-0.4, -0.2) is 34.6 Å². The molecule has 0 spiro atoms. The number of rotatable bonds is 2. The minimum absolute atomic E-state index is 0.000828. The lowest BCUT2D eigenvalue weighted by Gasteiger charge is -2.33. The third-order valence-electron chi connectivity index (χ3n) is 3.67. The second-order valence-corrected chi connectivity index (χ2v) is 6.18. The lowest BCUT2D eigenvalue weighted by Crippen LogP contribution is -2.42. The molecule has 2 rings (SSSR count). The maximum absolute atomic E-state index is 12.6. The SMILES string of the molecule is CCn1cc(I)cc1C(=O)N1CCC(C(F)(F)F)CC1. The van der Waals surface area contributed by atoms with Gasteiger partial charge in [-0.2, -0.15) is 13.2 Å². The Labute approximate surface area is 129 Å². The fourth-order valence-electron chi connectivity index (χ4n) is 2.49. The van der Waals surface area contributed by atoms with Crippen molar-refractivity contribution in [3.63, 3.8) is 0 Å². The minimum atomic E-state index is -4.14. The van der Waals surface area contributed by atoms with Gasteiger partial charge in [-0.25, -0.2) is 0 Å². The zero-order chi connectivity index (χ0) is 14.9. The molecule has 1 saturated heterocycles. The first-order valence-electron chi connectivity index (χ1n) is 6.54. The van der Waals surface area contributed by atoms with E-state index in [1.165, 1.54) is 4.90 Å². The number of hydrogen-bond donors (Lipinski definition) is 0. The van der Waals surface area contributed by atoms with Crippen LogP contribution in [0.3, 0.4) is 0 Å². The average molecular weight is 400 g/mol. The van der Waals surface area contributed by atoms with Crippen molar-refractivity contribution in [2.75, 3.05) is 13.1 Å². The van der Waals surface area contributed by atoms with Crippen LogP contribution in [0.4, 0.5) is 13.2 Å². The van der Waals surface area contributed by atoms with Crippen molar-refractivity contribution in [2.45, 2.75) is 32.5 Å². The molecule has 112 valence electrons. The maximum Gasteiger partial charge on any atom is 0.391 e. The van der Waals surface area contributed by atoms with E-state index >= 15 is 0 Å². The first-order chi connectivity index (χ1) is 9.32. The Kier molecular flexibility index (Phi) is 4.66. The largest absolute Gasteiger partial charge is 0.391 e. The van der Waals surface area contributed by atoms with Gasteiger partial charge in [-0.1, -0.05) is 0 Å². The van der Waals surface area contributed by atoms with Crippen molar-refractivity contribution in [1.29, 1.82) is 0 Å². The normalized spacial score (nSPS) is 17.6. The monoisotopic (exact) mass is 400 g/mol. The molecule has 1 aromatic heterocycles. The van der Waals surface area contributed by atoms with E-state index in [1.807, 2.05) is 17.7 Å². The maximum atomic E-state index is 12.6. The number of amides is 1. The Bertz CT molecular complexity index is 490. The number of carbonyl (C=O) groups excluding carboxylic acids is 1. The number of hydrogen-bond acceptors (Lipinski definition) is 1. The van der Waals surface area contributed by atoms with Gasteiger partial charge in [0.1, 0.15) is 5.69 Å². The Morgan fingerprint density at radius 2 is 2.00 bits per heavy atom. The van der Waals surface area contributed by atoms with Gasteiger partial charge < -0.3 is 9.47 Å². The van der Waals surface area contributed by atoms with Gasteiger partial charge >= 0.3 is 6.18 Å². The summed E-state index contributed by atoms with van der Waals surface area (Å²) in [5, 5.41) is 0. The molecule has 0 radical (unpaired) electrons. The van der Waals surface area contributed by atoms with E-state index < -0.39 is 12.1 Å². The van der Waals surface area contributed by atoms with Gasteiger partial charge in [0.15, 0.2) is 0 Å². The molecule has 0 unspecified atom stereocenters. The molecule has 0 bridgehead atoms. The molecule has 1 aliphatic rings. The van der Waals surface area contributed by atoms with Crippen molar-refractivity contribution < 1.29 is 18.0 Å². The lowest BCUT2D eigenvalue weighted by atomic mass is 9.96. The quantitative estimate of drug-likeness (QED) is 0.698. The van der Waals surface area contributed by atoms with Crippen LogP contribution < -0.4 is 0 Å². The van der Waals surface area contributed by atoms with Gasteiger partial charge in [0.05, 0.1) is 5.92 Å². The van der Waals surface area contributed by atoms with E-state index in [4.69, 9.17) is 0 Å². The van der Waals surface area contributed by atoms with Crippen LogP contribution in [0.5, 0.6) is 0 Å². The molecule has 1 aliphatic heterocycles. The fourth-order valence-corrected chi connectivity index (χ4v) is 3.12. The number of halogens is 4. The van der Waals surface area contributed by atoms with Crippen LogP contribution in [0.15, 0.2) is 12.3 Å². The van der Waals surface area contributed by atoms with Gasteiger partial charge in [0, 0.05) is 29.4 Å². The third-order valence-corrected chi connectivity index (χ3v) is 4.26. The number of aryl methyl sites for hydroxylation is 1. The summed E-state index contributed by atoms with van der Waals surface area (Å²) in [4.78, 5) is 13.9. The summed E-state index contributed by atoms with van der Waals surface area (Å²) in [5.41, 5.74) is 0.558. The summed E-state index contributed by atoms with van der Waals surface area (Å²) in [5.74, 6) is -1.44. The third kappa shape index (κ3) is 3.29. The van der Waals surface area contributed by atoms with Crippen LogP contribution in [0.2, 0.25) is 0 Å². The van der Waals surface area contributed by atoms with Crippen molar-refractivity contribution in [3.8, 4) is 0 Å². The minimum Gasteiger partial charge on any atom is -0.343 e. The molecular weight excluding hydrogens is 384 g/mol. The molecule has 20 heavy (non-hydrogen) atoms. The summed E-state index contributed by atoms with van der Waals surface area (Å²) in [6.07, 6.45) is -2.28. The number of aromatic nitrogens is 1. The molecule has 0 saturated carbocycles. The van der Waals surface area contributed by atoms with Crippen molar-refractivity contribution in [2.24, 2.45) is 5.92 Å². The highest BCUT2D eigenvalue weighted by atomic mass is 127. The van der Waals surface area contributed by atoms with Gasteiger partial charge in [0.25, 0.3) is 5.91 Å². The second kappa shape index (κ2) is 5.95. The lowest BCUT2D eigenvalue weighted by molar-refractivity contribution is -0.183. The Hall–Kier alpha value is -0.730. The van der Waals surface area contributed by atoms with E-state index in [-0.39, 0.29) is 31.8 Å². The number of nitrogens with zero attached hydrogens (tertiary/aromatic N) is 2. The van der Waals surface area contributed by atoms with Crippen molar-refractivity contribution in [3.05, 3.63) is 21.5 Å². The number of piperidine rings is 1. The molecule has 7 heteroatoms. The van der Waals surface area contributed by atoms with Crippen LogP contribution >= 0.6 is 22.6 Å². The smallest absolute Gasteiger partial charge is 0.343 e. The fraction of sp³-hybridized carbons (Fsp3) is 0.615. The molecule has 1 amide bonds. The van der Waals surface area contributed by atoms with E-state index in [0.29, 0.717) is 12.2 Å². The highest BCUT2D eigenvalue weighted by molar-refractivity contribution is 14.1. The Morgan fingerprint density at radius 3 is 2.50 bits per heavy atom.